The van der Waals surface area contributed by atoms with E-state index >= 15 is 0 Å². The molecule has 0 spiro atoms. The zero-order chi connectivity index (χ0) is 21.2. The summed E-state index contributed by atoms with van der Waals surface area (Å²) in [6.45, 7) is -3.70. The van der Waals surface area contributed by atoms with E-state index in [1.807, 2.05) is 6.07 Å². The molecule has 0 aliphatic rings. The molecule has 2 rings (SSSR count). The first-order valence-electron chi connectivity index (χ1n) is 8.52. The number of rotatable bonds is 9. The highest BCUT2D eigenvalue weighted by Crippen LogP contribution is 2.16. The minimum absolute atomic E-state index is 0.0650. The first kappa shape index (κ1) is 21.8. The fraction of sp³-hybridized carbons (Fsp3) is 0.250. The quantitative estimate of drug-likeness (QED) is 0.642. The number of alkyl halides is 2. The van der Waals surface area contributed by atoms with Gasteiger partial charge < -0.3 is 19.5 Å². The van der Waals surface area contributed by atoms with Crippen molar-refractivity contribution in [2.45, 2.75) is 19.1 Å². The van der Waals surface area contributed by atoms with Gasteiger partial charge in [-0.05, 0) is 23.8 Å². The molecule has 0 saturated carbocycles. The molecule has 0 aliphatic heterocycles. The zero-order valence-electron chi connectivity index (χ0n) is 15.5. The Kier molecular flexibility index (Phi) is 8.08. The minimum Gasteiger partial charge on any atom is -0.467 e. The summed E-state index contributed by atoms with van der Waals surface area (Å²) in [5, 5.41) is 2.45. The second kappa shape index (κ2) is 10.7. The number of amides is 1. The molecule has 7 nitrogen and oxygen atoms in total. The number of hydrogen-bond acceptors (Lipinski definition) is 6. The Balaban J connectivity index is 1.92. The van der Waals surface area contributed by atoms with Gasteiger partial charge in [0.15, 0.2) is 6.61 Å². The molecular formula is C20H19F2NO6. The maximum atomic E-state index is 12.3. The molecular weight excluding hydrogens is 388 g/mol. The van der Waals surface area contributed by atoms with Crippen LogP contribution < -0.4 is 10.1 Å². The number of ether oxygens (including phenoxy) is 3. The highest BCUT2D eigenvalue weighted by atomic mass is 19.3. The highest BCUT2D eigenvalue weighted by molar-refractivity contribution is 5.92. The molecule has 0 fully saturated rings. The molecule has 29 heavy (non-hydrogen) atoms. The molecule has 0 heterocycles. The summed E-state index contributed by atoms with van der Waals surface area (Å²) in [4.78, 5) is 36.0. The Hall–Kier alpha value is -3.49. The summed E-state index contributed by atoms with van der Waals surface area (Å²) in [7, 11) is 1.20. The van der Waals surface area contributed by atoms with E-state index in [2.05, 4.69) is 14.8 Å². The maximum Gasteiger partial charge on any atom is 0.387 e. The van der Waals surface area contributed by atoms with Crippen LogP contribution >= 0.6 is 0 Å². The average Bonchev–Trinajstić information content (AvgIpc) is 2.71. The van der Waals surface area contributed by atoms with Crippen molar-refractivity contribution >= 4 is 17.8 Å². The van der Waals surface area contributed by atoms with Crippen LogP contribution in [-0.2, 0) is 25.5 Å². The van der Waals surface area contributed by atoms with E-state index in [1.165, 1.54) is 25.3 Å². The molecule has 1 atom stereocenters. The number of hydrogen-bond donors (Lipinski definition) is 1. The molecule has 0 saturated heterocycles. The van der Waals surface area contributed by atoms with Gasteiger partial charge in [-0.1, -0.05) is 36.4 Å². The van der Waals surface area contributed by atoms with Crippen molar-refractivity contribution in [3.8, 4) is 5.75 Å². The predicted octanol–water partition coefficient (Wildman–Crippen LogP) is 2.35. The number of carbonyl (C=O) groups excluding carboxylic acids is 3. The van der Waals surface area contributed by atoms with E-state index in [9.17, 15) is 23.2 Å². The van der Waals surface area contributed by atoms with E-state index in [0.29, 0.717) is 0 Å². The van der Waals surface area contributed by atoms with Crippen LogP contribution in [0.1, 0.15) is 15.9 Å². The third-order valence-corrected chi connectivity index (χ3v) is 3.73. The molecule has 154 valence electrons. The molecule has 0 aliphatic carbocycles. The van der Waals surface area contributed by atoms with Crippen molar-refractivity contribution in [1.29, 1.82) is 0 Å². The summed E-state index contributed by atoms with van der Waals surface area (Å²) in [6, 6.07) is 13.0. The van der Waals surface area contributed by atoms with Crippen LogP contribution in [0.2, 0.25) is 0 Å². The lowest BCUT2D eigenvalue weighted by atomic mass is 10.1. The normalized spacial score (nSPS) is 11.4. The van der Waals surface area contributed by atoms with Crippen molar-refractivity contribution in [2.75, 3.05) is 13.7 Å². The zero-order valence-corrected chi connectivity index (χ0v) is 15.5. The Morgan fingerprint density at radius 1 is 1.03 bits per heavy atom. The third kappa shape index (κ3) is 7.21. The standard InChI is InChI=1S/C20H19F2NO6/c1-27-19(26)16(10-13-6-3-2-4-7-13)23-17(24)12-28-18(25)14-8-5-9-15(11-14)29-20(21)22/h2-9,11,16,20H,10,12H2,1H3,(H,23,24). The van der Waals surface area contributed by atoms with E-state index in [-0.39, 0.29) is 17.7 Å². The first-order valence-corrected chi connectivity index (χ1v) is 8.52. The average molecular weight is 407 g/mol. The van der Waals surface area contributed by atoms with Crippen molar-refractivity contribution in [1.82, 2.24) is 5.32 Å². The Bertz CT molecular complexity index is 844. The lowest BCUT2D eigenvalue weighted by Gasteiger charge is -2.16. The molecule has 0 radical (unpaired) electrons. The SMILES string of the molecule is COC(=O)C(Cc1ccccc1)NC(=O)COC(=O)c1cccc(OC(F)F)c1. The van der Waals surface area contributed by atoms with Gasteiger partial charge in [0, 0.05) is 6.42 Å². The smallest absolute Gasteiger partial charge is 0.387 e. The Morgan fingerprint density at radius 2 is 1.76 bits per heavy atom. The van der Waals surface area contributed by atoms with Gasteiger partial charge in [0.05, 0.1) is 12.7 Å². The minimum atomic E-state index is -3.04. The van der Waals surface area contributed by atoms with Crippen molar-refractivity contribution in [3.63, 3.8) is 0 Å². The number of methoxy groups -OCH3 is 1. The monoisotopic (exact) mass is 407 g/mol. The molecule has 2 aromatic carbocycles. The molecule has 1 amide bonds. The maximum absolute atomic E-state index is 12.3. The molecule has 0 aromatic heterocycles. The molecule has 2 aromatic rings. The third-order valence-electron chi connectivity index (χ3n) is 3.73. The van der Waals surface area contributed by atoms with Crippen molar-refractivity contribution in [3.05, 3.63) is 65.7 Å². The van der Waals surface area contributed by atoms with Crippen LogP contribution in [0.3, 0.4) is 0 Å². The van der Waals surface area contributed by atoms with Crippen LogP contribution in [0.5, 0.6) is 5.75 Å². The number of nitrogens with one attached hydrogen (secondary N) is 1. The van der Waals surface area contributed by atoms with Gasteiger partial charge in [-0.15, -0.1) is 0 Å². The number of halogens is 2. The second-order valence-electron chi connectivity index (χ2n) is 5.82. The second-order valence-corrected chi connectivity index (χ2v) is 5.82. The number of carbonyl (C=O) groups is 3. The predicted molar refractivity (Wildman–Crippen MR) is 97.4 cm³/mol. The van der Waals surface area contributed by atoms with Crippen LogP contribution in [0.4, 0.5) is 8.78 Å². The van der Waals surface area contributed by atoms with Gasteiger partial charge in [0.1, 0.15) is 11.8 Å². The van der Waals surface area contributed by atoms with Gasteiger partial charge in [0.25, 0.3) is 5.91 Å². The van der Waals surface area contributed by atoms with Gasteiger partial charge in [0.2, 0.25) is 0 Å². The fourth-order valence-corrected chi connectivity index (χ4v) is 2.44. The van der Waals surface area contributed by atoms with Gasteiger partial charge in [-0.25, -0.2) is 9.59 Å². The topological polar surface area (TPSA) is 90.9 Å². The van der Waals surface area contributed by atoms with E-state index in [1.54, 1.807) is 24.3 Å². The number of benzene rings is 2. The molecule has 1 unspecified atom stereocenters. The Labute approximate surface area is 165 Å². The number of esters is 2. The lowest BCUT2D eigenvalue weighted by molar-refractivity contribution is -0.145. The van der Waals surface area contributed by atoms with E-state index in [0.717, 1.165) is 11.6 Å². The summed E-state index contributed by atoms with van der Waals surface area (Å²) in [5.74, 6) is -2.49. The molecule has 9 heteroatoms. The largest absolute Gasteiger partial charge is 0.467 e. The van der Waals surface area contributed by atoms with Gasteiger partial charge in [-0.3, -0.25) is 4.79 Å². The van der Waals surface area contributed by atoms with Crippen LogP contribution in [0, 0.1) is 0 Å². The van der Waals surface area contributed by atoms with Crippen LogP contribution in [-0.4, -0.2) is 44.2 Å². The van der Waals surface area contributed by atoms with Crippen LogP contribution in [0.15, 0.2) is 54.6 Å². The highest BCUT2D eigenvalue weighted by Gasteiger charge is 2.22. The van der Waals surface area contributed by atoms with Crippen LogP contribution in [0.25, 0.3) is 0 Å². The van der Waals surface area contributed by atoms with Crippen molar-refractivity contribution < 1.29 is 37.4 Å². The molecule has 0 bridgehead atoms. The summed E-state index contributed by atoms with van der Waals surface area (Å²) < 4.78 is 38.3. The first-order chi connectivity index (χ1) is 13.9. The fourth-order valence-electron chi connectivity index (χ4n) is 2.44. The summed E-state index contributed by atoms with van der Waals surface area (Å²) in [5.41, 5.74) is 0.737. The van der Waals surface area contributed by atoms with Gasteiger partial charge in [-0.2, -0.15) is 8.78 Å². The van der Waals surface area contributed by atoms with Gasteiger partial charge >= 0.3 is 18.6 Å². The summed E-state index contributed by atoms with van der Waals surface area (Å²) in [6.07, 6.45) is 0.195. The Morgan fingerprint density at radius 3 is 2.41 bits per heavy atom. The van der Waals surface area contributed by atoms with E-state index < -0.39 is 37.1 Å². The van der Waals surface area contributed by atoms with Crippen molar-refractivity contribution in [2.24, 2.45) is 0 Å². The van der Waals surface area contributed by atoms with E-state index in [4.69, 9.17) is 4.74 Å². The lowest BCUT2D eigenvalue weighted by Crippen LogP contribution is -2.44. The summed E-state index contributed by atoms with van der Waals surface area (Å²) >= 11 is 0. The molecule has 1 N–H and O–H groups in total.